The second-order valence-corrected chi connectivity index (χ2v) is 5.47. The zero-order chi connectivity index (χ0) is 12.8. The van der Waals surface area contributed by atoms with Gasteiger partial charge in [-0.25, -0.2) is 4.98 Å². The lowest BCUT2D eigenvalue weighted by molar-refractivity contribution is -0.0663. The number of halogens is 1. The molecule has 2 aliphatic heterocycles. The minimum Gasteiger partial charge on any atom is -0.378 e. The monoisotopic (exact) mass is 268 g/mol. The van der Waals surface area contributed by atoms with Gasteiger partial charge in [-0.05, 0) is 12.5 Å². The van der Waals surface area contributed by atoms with Crippen LogP contribution in [0.1, 0.15) is 17.7 Å². The molecule has 4 nitrogen and oxygen atoms in total. The molecular weight excluding hydrogens is 252 g/mol. The Morgan fingerprint density at radius 1 is 1.39 bits per heavy atom. The van der Waals surface area contributed by atoms with E-state index < -0.39 is 0 Å². The van der Waals surface area contributed by atoms with E-state index in [0.717, 1.165) is 37.4 Å². The summed E-state index contributed by atoms with van der Waals surface area (Å²) in [7, 11) is 4.05. The van der Waals surface area contributed by atoms with Gasteiger partial charge in [-0.3, -0.25) is 0 Å². The maximum absolute atomic E-state index is 6.15. The molecule has 0 N–H and O–H groups in total. The summed E-state index contributed by atoms with van der Waals surface area (Å²) in [6.45, 7) is 2.03. The van der Waals surface area contributed by atoms with Crippen LogP contribution in [0, 0.1) is 0 Å². The first-order valence-electron chi connectivity index (χ1n) is 6.21. The second-order valence-electron chi connectivity index (χ2n) is 5.08. The molecule has 18 heavy (non-hydrogen) atoms. The number of anilines is 1. The minimum absolute atomic E-state index is 0.372. The lowest BCUT2D eigenvalue weighted by Crippen LogP contribution is -2.38. The van der Waals surface area contributed by atoms with Crippen molar-refractivity contribution in [1.29, 1.82) is 0 Å². The summed E-state index contributed by atoms with van der Waals surface area (Å²) in [5.41, 5.74) is 2.99. The lowest BCUT2D eigenvalue weighted by atomic mass is 9.89. The van der Waals surface area contributed by atoms with Gasteiger partial charge in [0.05, 0.1) is 18.9 Å². The van der Waals surface area contributed by atoms with Crippen molar-refractivity contribution in [3.8, 4) is 0 Å². The molecule has 0 saturated carbocycles. The maximum Gasteiger partial charge on any atom is 0.136 e. The van der Waals surface area contributed by atoms with E-state index in [2.05, 4.69) is 9.88 Å². The van der Waals surface area contributed by atoms with E-state index in [1.807, 2.05) is 20.2 Å². The van der Waals surface area contributed by atoms with Gasteiger partial charge < -0.3 is 14.4 Å². The summed E-state index contributed by atoms with van der Waals surface area (Å²) < 4.78 is 11.5. The number of aromatic nitrogens is 1. The lowest BCUT2D eigenvalue weighted by Gasteiger charge is -2.35. The first kappa shape index (κ1) is 12.2. The molecule has 5 heteroatoms. The van der Waals surface area contributed by atoms with Crippen LogP contribution in [0.4, 0.5) is 5.69 Å². The van der Waals surface area contributed by atoms with E-state index in [1.165, 1.54) is 5.56 Å². The fourth-order valence-electron chi connectivity index (χ4n) is 2.81. The van der Waals surface area contributed by atoms with Crippen LogP contribution < -0.4 is 4.90 Å². The Kier molecular flexibility index (Phi) is 2.96. The molecule has 1 atom stereocenters. The SMILES string of the molecule is CN(C)c1cc(Cl)nc2c1CCOC21CCOC1. The van der Waals surface area contributed by atoms with Gasteiger partial charge in [-0.15, -0.1) is 0 Å². The van der Waals surface area contributed by atoms with E-state index >= 15 is 0 Å². The minimum atomic E-state index is -0.372. The van der Waals surface area contributed by atoms with Crippen LogP contribution >= 0.6 is 11.6 Å². The summed E-state index contributed by atoms with van der Waals surface area (Å²) in [5, 5.41) is 0.522. The number of fused-ring (bicyclic) bond motifs is 2. The van der Waals surface area contributed by atoms with Crippen molar-refractivity contribution in [2.45, 2.75) is 18.4 Å². The van der Waals surface area contributed by atoms with Crippen molar-refractivity contribution in [2.75, 3.05) is 38.8 Å². The summed E-state index contributed by atoms with van der Waals surface area (Å²) in [4.78, 5) is 6.61. The van der Waals surface area contributed by atoms with Crippen LogP contribution in [0.5, 0.6) is 0 Å². The standard InChI is InChI=1S/C13H17ClN2O2/c1-16(2)10-7-11(14)15-12-9(10)3-5-18-13(12)4-6-17-8-13/h7H,3-6,8H2,1-2H3. The van der Waals surface area contributed by atoms with E-state index in [1.54, 1.807) is 0 Å². The van der Waals surface area contributed by atoms with Crippen LogP contribution in [0.3, 0.4) is 0 Å². The molecule has 1 aromatic heterocycles. The predicted octanol–water partition coefficient (Wildman–Crippen LogP) is 1.99. The molecule has 0 aliphatic carbocycles. The molecule has 0 aromatic carbocycles. The van der Waals surface area contributed by atoms with Crippen molar-refractivity contribution in [2.24, 2.45) is 0 Å². The van der Waals surface area contributed by atoms with Crippen molar-refractivity contribution in [3.63, 3.8) is 0 Å². The molecule has 0 bridgehead atoms. The molecule has 98 valence electrons. The third-order valence-corrected chi connectivity index (χ3v) is 3.89. The van der Waals surface area contributed by atoms with Gasteiger partial charge in [0.2, 0.25) is 0 Å². The average molecular weight is 269 g/mol. The maximum atomic E-state index is 6.15. The second kappa shape index (κ2) is 4.37. The van der Waals surface area contributed by atoms with Crippen molar-refractivity contribution >= 4 is 17.3 Å². The van der Waals surface area contributed by atoms with Crippen molar-refractivity contribution in [1.82, 2.24) is 4.98 Å². The third-order valence-electron chi connectivity index (χ3n) is 3.70. The van der Waals surface area contributed by atoms with Gasteiger partial charge in [-0.1, -0.05) is 11.6 Å². The highest BCUT2D eigenvalue weighted by Gasteiger charge is 2.44. The van der Waals surface area contributed by atoms with E-state index in [9.17, 15) is 0 Å². The zero-order valence-electron chi connectivity index (χ0n) is 10.7. The van der Waals surface area contributed by atoms with E-state index in [0.29, 0.717) is 11.8 Å². The van der Waals surface area contributed by atoms with Crippen molar-refractivity contribution in [3.05, 3.63) is 22.5 Å². The largest absolute Gasteiger partial charge is 0.378 e. The third kappa shape index (κ3) is 1.79. The smallest absolute Gasteiger partial charge is 0.136 e. The molecule has 1 saturated heterocycles. The molecule has 3 heterocycles. The summed E-state index contributed by atoms with van der Waals surface area (Å²) in [6, 6.07) is 1.93. The van der Waals surface area contributed by atoms with Gasteiger partial charge in [-0.2, -0.15) is 0 Å². The Morgan fingerprint density at radius 2 is 2.22 bits per heavy atom. The van der Waals surface area contributed by atoms with Gasteiger partial charge in [0.25, 0.3) is 0 Å². The number of pyridine rings is 1. The van der Waals surface area contributed by atoms with Gasteiger partial charge in [0, 0.05) is 38.4 Å². The Hall–Kier alpha value is -0.840. The van der Waals surface area contributed by atoms with Gasteiger partial charge >= 0.3 is 0 Å². The Morgan fingerprint density at radius 3 is 2.89 bits per heavy atom. The average Bonchev–Trinajstić information content (AvgIpc) is 2.79. The highest BCUT2D eigenvalue weighted by atomic mass is 35.5. The Bertz CT molecular complexity index is 470. The number of hydrogen-bond donors (Lipinski definition) is 0. The van der Waals surface area contributed by atoms with Crippen LogP contribution in [-0.2, 0) is 21.5 Å². The van der Waals surface area contributed by atoms with Crippen LogP contribution in [0.25, 0.3) is 0 Å². The fraction of sp³-hybridized carbons (Fsp3) is 0.615. The van der Waals surface area contributed by atoms with Gasteiger partial charge in [0.15, 0.2) is 0 Å². The fourth-order valence-corrected chi connectivity index (χ4v) is 3.00. The molecule has 1 aromatic rings. The zero-order valence-corrected chi connectivity index (χ0v) is 11.5. The molecule has 2 aliphatic rings. The van der Waals surface area contributed by atoms with Crippen LogP contribution in [-0.4, -0.2) is 38.9 Å². The van der Waals surface area contributed by atoms with Crippen molar-refractivity contribution < 1.29 is 9.47 Å². The van der Waals surface area contributed by atoms with Crippen LogP contribution in [0.15, 0.2) is 6.07 Å². The topological polar surface area (TPSA) is 34.6 Å². The summed E-state index contributed by atoms with van der Waals surface area (Å²) in [6.07, 6.45) is 1.75. The number of ether oxygens (including phenoxy) is 2. The Balaban J connectivity index is 2.17. The van der Waals surface area contributed by atoms with E-state index in [-0.39, 0.29) is 5.60 Å². The van der Waals surface area contributed by atoms with E-state index in [4.69, 9.17) is 21.1 Å². The first-order chi connectivity index (χ1) is 8.62. The predicted molar refractivity (Wildman–Crippen MR) is 70.3 cm³/mol. The quantitative estimate of drug-likeness (QED) is 0.730. The van der Waals surface area contributed by atoms with Crippen LogP contribution in [0.2, 0.25) is 5.15 Å². The number of rotatable bonds is 1. The number of nitrogens with zero attached hydrogens (tertiary/aromatic N) is 2. The normalized spacial score (nSPS) is 26.4. The number of hydrogen-bond acceptors (Lipinski definition) is 4. The highest BCUT2D eigenvalue weighted by Crippen LogP contribution is 2.42. The highest BCUT2D eigenvalue weighted by molar-refractivity contribution is 6.29. The molecule has 0 amide bonds. The summed E-state index contributed by atoms with van der Waals surface area (Å²) >= 11 is 6.15. The molecule has 1 spiro atoms. The molecule has 1 fully saturated rings. The molecule has 0 radical (unpaired) electrons. The molecule has 1 unspecified atom stereocenters. The first-order valence-corrected chi connectivity index (χ1v) is 6.59. The Labute approximate surface area is 112 Å². The summed E-state index contributed by atoms with van der Waals surface area (Å²) in [5.74, 6) is 0. The molecule has 3 rings (SSSR count). The molecular formula is C13H17ClN2O2. The van der Waals surface area contributed by atoms with Gasteiger partial charge in [0.1, 0.15) is 10.8 Å².